The monoisotopic (exact) mass is 307 g/mol. The first-order valence-electron chi connectivity index (χ1n) is 7.06. The van der Waals surface area contributed by atoms with E-state index in [1.54, 1.807) is 0 Å². The van der Waals surface area contributed by atoms with Gasteiger partial charge in [-0.2, -0.15) is 4.98 Å². The number of benzene rings is 1. The van der Waals surface area contributed by atoms with E-state index in [1.807, 2.05) is 31.3 Å². The van der Waals surface area contributed by atoms with Gasteiger partial charge in [0.1, 0.15) is 0 Å². The zero-order valence-electron chi connectivity index (χ0n) is 13.2. The SMILES string of the molecule is CC(c1nc(C(C)(C)C)no1)N(C)Cc1ccc(Cl)cc1. The van der Waals surface area contributed by atoms with E-state index in [-0.39, 0.29) is 11.5 Å². The number of halogens is 1. The van der Waals surface area contributed by atoms with Gasteiger partial charge in [-0.1, -0.05) is 49.7 Å². The van der Waals surface area contributed by atoms with Crippen molar-refractivity contribution in [3.8, 4) is 0 Å². The Labute approximate surface area is 131 Å². The maximum Gasteiger partial charge on any atom is 0.243 e. The molecule has 1 unspecified atom stereocenters. The minimum atomic E-state index is -0.101. The summed E-state index contributed by atoms with van der Waals surface area (Å²) in [5.74, 6) is 1.39. The summed E-state index contributed by atoms with van der Waals surface area (Å²) in [5.41, 5.74) is 1.10. The van der Waals surface area contributed by atoms with E-state index in [2.05, 4.69) is 42.7 Å². The van der Waals surface area contributed by atoms with Crippen LogP contribution in [0.5, 0.6) is 0 Å². The van der Waals surface area contributed by atoms with Crippen molar-refractivity contribution < 1.29 is 4.52 Å². The minimum absolute atomic E-state index is 0.0595. The highest BCUT2D eigenvalue weighted by Gasteiger charge is 2.24. The lowest BCUT2D eigenvalue weighted by molar-refractivity contribution is 0.202. The van der Waals surface area contributed by atoms with Gasteiger partial charge in [-0.05, 0) is 31.7 Å². The second kappa shape index (κ2) is 6.16. The van der Waals surface area contributed by atoms with Crippen molar-refractivity contribution in [3.63, 3.8) is 0 Å². The Balaban J connectivity index is 2.06. The minimum Gasteiger partial charge on any atom is -0.338 e. The van der Waals surface area contributed by atoms with Crippen LogP contribution in [0, 0.1) is 0 Å². The molecule has 4 nitrogen and oxygen atoms in total. The van der Waals surface area contributed by atoms with Crippen molar-refractivity contribution in [2.24, 2.45) is 0 Å². The number of nitrogens with zero attached hydrogens (tertiary/aromatic N) is 3. The maximum absolute atomic E-state index is 5.91. The van der Waals surface area contributed by atoms with Crippen molar-refractivity contribution in [1.29, 1.82) is 0 Å². The molecule has 1 aromatic carbocycles. The molecule has 0 radical (unpaired) electrons. The van der Waals surface area contributed by atoms with Gasteiger partial charge in [0, 0.05) is 17.0 Å². The van der Waals surface area contributed by atoms with Crippen LogP contribution in [-0.2, 0) is 12.0 Å². The quantitative estimate of drug-likeness (QED) is 0.848. The van der Waals surface area contributed by atoms with Gasteiger partial charge >= 0.3 is 0 Å². The van der Waals surface area contributed by atoms with Crippen LogP contribution in [0.3, 0.4) is 0 Å². The third-order valence-corrected chi connectivity index (χ3v) is 3.73. The Morgan fingerprint density at radius 1 is 1.24 bits per heavy atom. The molecule has 0 bridgehead atoms. The third kappa shape index (κ3) is 4.05. The summed E-state index contributed by atoms with van der Waals surface area (Å²) in [6, 6.07) is 7.92. The van der Waals surface area contributed by atoms with E-state index in [4.69, 9.17) is 16.1 Å². The van der Waals surface area contributed by atoms with Crippen LogP contribution in [0.1, 0.15) is 51.0 Å². The second-order valence-electron chi connectivity index (χ2n) is 6.42. The standard InChI is InChI=1S/C16H22ClN3O/c1-11(14-18-15(19-21-14)16(2,3)4)20(5)10-12-6-8-13(17)9-7-12/h6-9,11H,10H2,1-5H3. The Morgan fingerprint density at radius 2 is 1.86 bits per heavy atom. The van der Waals surface area contributed by atoms with Crippen molar-refractivity contribution >= 4 is 11.6 Å². The van der Waals surface area contributed by atoms with Gasteiger partial charge in [0.05, 0.1) is 6.04 Å². The summed E-state index contributed by atoms with van der Waals surface area (Å²) in [4.78, 5) is 6.69. The first-order chi connectivity index (χ1) is 9.77. The summed E-state index contributed by atoms with van der Waals surface area (Å²) in [5, 5.41) is 4.83. The fourth-order valence-corrected chi connectivity index (χ4v) is 2.04. The molecular weight excluding hydrogens is 286 g/mol. The zero-order valence-corrected chi connectivity index (χ0v) is 14.0. The maximum atomic E-state index is 5.91. The number of rotatable bonds is 4. The zero-order chi connectivity index (χ0) is 15.6. The van der Waals surface area contributed by atoms with E-state index in [9.17, 15) is 0 Å². The number of hydrogen-bond acceptors (Lipinski definition) is 4. The lowest BCUT2D eigenvalue weighted by atomic mass is 9.96. The van der Waals surface area contributed by atoms with Crippen molar-refractivity contribution in [2.45, 2.75) is 45.7 Å². The molecule has 0 saturated heterocycles. The van der Waals surface area contributed by atoms with E-state index in [0.717, 1.165) is 17.4 Å². The molecule has 0 fully saturated rings. The van der Waals surface area contributed by atoms with Crippen molar-refractivity contribution in [3.05, 3.63) is 46.6 Å². The van der Waals surface area contributed by atoms with E-state index < -0.39 is 0 Å². The highest BCUT2D eigenvalue weighted by atomic mass is 35.5. The van der Waals surface area contributed by atoms with E-state index in [0.29, 0.717) is 5.89 Å². The van der Waals surface area contributed by atoms with Crippen LogP contribution < -0.4 is 0 Å². The lowest BCUT2D eigenvalue weighted by Crippen LogP contribution is -2.22. The predicted molar refractivity (Wildman–Crippen MR) is 84.3 cm³/mol. The van der Waals surface area contributed by atoms with Crippen molar-refractivity contribution in [1.82, 2.24) is 15.0 Å². The third-order valence-electron chi connectivity index (χ3n) is 3.48. The molecule has 0 aliphatic rings. The summed E-state index contributed by atoms with van der Waals surface area (Å²) in [6.07, 6.45) is 0. The van der Waals surface area contributed by atoms with Crippen LogP contribution in [0.25, 0.3) is 0 Å². The normalized spacial score (nSPS) is 13.7. The van der Waals surface area contributed by atoms with Gasteiger partial charge < -0.3 is 4.52 Å². The molecular formula is C16H22ClN3O. The summed E-state index contributed by atoms with van der Waals surface area (Å²) in [7, 11) is 2.04. The van der Waals surface area contributed by atoms with Crippen LogP contribution >= 0.6 is 11.6 Å². The molecule has 0 aliphatic heterocycles. The van der Waals surface area contributed by atoms with Crippen LogP contribution in [0.2, 0.25) is 5.02 Å². The molecule has 0 N–H and O–H groups in total. The van der Waals surface area contributed by atoms with Gasteiger partial charge in [-0.25, -0.2) is 0 Å². The largest absolute Gasteiger partial charge is 0.338 e. The van der Waals surface area contributed by atoms with Crippen LogP contribution in [0.15, 0.2) is 28.8 Å². The Morgan fingerprint density at radius 3 is 2.38 bits per heavy atom. The van der Waals surface area contributed by atoms with Gasteiger partial charge in [0.25, 0.3) is 0 Å². The Bertz CT molecular complexity index is 586. The average molecular weight is 308 g/mol. The smallest absolute Gasteiger partial charge is 0.243 e. The lowest BCUT2D eigenvalue weighted by Gasteiger charge is -2.21. The first-order valence-corrected chi connectivity index (χ1v) is 7.44. The molecule has 21 heavy (non-hydrogen) atoms. The van der Waals surface area contributed by atoms with Crippen molar-refractivity contribution in [2.75, 3.05) is 7.05 Å². The number of hydrogen-bond donors (Lipinski definition) is 0. The molecule has 5 heteroatoms. The first kappa shape index (κ1) is 16.0. The summed E-state index contributed by atoms with van der Waals surface area (Å²) in [6.45, 7) is 9.08. The second-order valence-corrected chi connectivity index (χ2v) is 6.86. The molecule has 1 heterocycles. The summed E-state index contributed by atoms with van der Waals surface area (Å²) < 4.78 is 5.41. The van der Waals surface area contributed by atoms with Gasteiger partial charge in [-0.15, -0.1) is 0 Å². The average Bonchev–Trinajstić information content (AvgIpc) is 2.90. The fraction of sp³-hybridized carbons (Fsp3) is 0.500. The highest BCUT2D eigenvalue weighted by molar-refractivity contribution is 6.30. The molecule has 0 saturated carbocycles. The fourth-order valence-electron chi connectivity index (χ4n) is 1.91. The Kier molecular flexibility index (Phi) is 4.69. The predicted octanol–water partition coefficient (Wildman–Crippen LogP) is 4.21. The summed E-state index contributed by atoms with van der Waals surface area (Å²) >= 11 is 5.91. The van der Waals surface area contributed by atoms with Crippen LogP contribution in [0.4, 0.5) is 0 Å². The molecule has 2 aromatic rings. The molecule has 0 aliphatic carbocycles. The highest BCUT2D eigenvalue weighted by Crippen LogP contribution is 2.24. The van der Waals surface area contributed by atoms with Gasteiger partial charge in [-0.3, -0.25) is 4.90 Å². The van der Waals surface area contributed by atoms with Gasteiger partial charge in [0.15, 0.2) is 5.82 Å². The van der Waals surface area contributed by atoms with E-state index in [1.165, 1.54) is 5.56 Å². The molecule has 2 rings (SSSR count). The number of aromatic nitrogens is 2. The van der Waals surface area contributed by atoms with E-state index >= 15 is 0 Å². The molecule has 0 spiro atoms. The van der Waals surface area contributed by atoms with Crippen LogP contribution in [-0.4, -0.2) is 22.1 Å². The molecule has 1 aromatic heterocycles. The molecule has 0 amide bonds. The topological polar surface area (TPSA) is 42.2 Å². The molecule has 1 atom stereocenters. The van der Waals surface area contributed by atoms with Gasteiger partial charge in [0.2, 0.25) is 5.89 Å². The molecule has 114 valence electrons. The Hall–Kier alpha value is -1.39.